The van der Waals surface area contributed by atoms with Gasteiger partial charge in [0.2, 0.25) is 0 Å². The van der Waals surface area contributed by atoms with Gasteiger partial charge in [-0.25, -0.2) is 0 Å². The van der Waals surface area contributed by atoms with Gasteiger partial charge in [-0.2, -0.15) is 0 Å². The first kappa shape index (κ1) is 21.4. The van der Waals surface area contributed by atoms with Crippen molar-refractivity contribution in [2.75, 3.05) is 13.1 Å². The number of nitrogens with two attached hydrogens (primary N) is 2. The van der Waals surface area contributed by atoms with Crippen LogP contribution in [0.15, 0.2) is 0 Å². The molecule has 0 aromatic heterocycles. The molecule has 1 saturated heterocycles. The van der Waals surface area contributed by atoms with Crippen molar-refractivity contribution in [2.24, 2.45) is 11.5 Å². The Balaban J connectivity index is 0.000000231. The Kier molecular flexibility index (Phi) is 9.01. The monoisotopic (exact) mass is 423 g/mol. The summed E-state index contributed by atoms with van der Waals surface area (Å²) in [6.07, 6.45) is 1.29. The highest BCUT2D eigenvalue weighted by Crippen LogP contribution is 2.47. The third-order valence-electron chi connectivity index (χ3n) is 3.34. The summed E-state index contributed by atoms with van der Waals surface area (Å²) in [7, 11) is 0. The van der Waals surface area contributed by atoms with Crippen LogP contribution in [0.1, 0.15) is 12.8 Å². The van der Waals surface area contributed by atoms with E-state index in [1.807, 2.05) is 0 Å². The van der Waals surface area contributed by atoms with E-state index < -0.39 is 0 Å². The second-order valence-electron chi connectivity index (χ2n) is 5.08. The van der Waals surface area contributed by atoms with E-state index in [1.54, 1.807) is 0 Å². The van der Waals surface area contributed by atoms with Gasteiger partial charge in [-0.05, 0) is 12.8 Å². The zero-order valence-electron chi connectivity index (χ0n) is 12.0. The van der Waals surface area contributed by atoms with Gasteiger partial charge in [-0.3, -0.25) is 0 Å². The maximum absolute atomic E-state index is 9.36. The van der Waals surface area contributed by atoms with Crippen molar-refractivity contribution in [3.63, 3.8) is 0 Å². The number of aliphatic hydroxyl groups is 1. The van der Waals surface area contributed by atoms with E-state index in [-0.39, 0.29) is 49.1 Å². The van der Waals surface area contributed by atoms with Crippen LogP contribution >= 0.6 is 58.0 Å². The molecule has 5 nitrogen and oxygen atoms in total. The molecule has 10 heteroatoms. The van der Waals surface area contributed by atoms with E-state index in [2.05, 4.69) is 5.32 Å². The highest BCUT2D eigenvalue weighted by Gasteiger charge is 2.24. The second kappa shape index (κ2) is 9.70. The van der Waals surface area contributed by atoms with Crippen molar-refractivity contribution >= 4 is 58.0 Å². The van der Waals surface area contributed by atoms with Gasteiger partial charge in [0.05, 0.1) is 21.2 Å². The Bertz CT molecular complexity index is 430. The first-order valence-electron chi connectivity index (χ1n) is 6.77. The number of phenolic OH excluding ortho intramolecular Hbond substituents is 1. The van der Waals surface area contributed by atoms with E-state index in [9.17, 15) is 10.2 Å². The minimum Gasteiger partial charge on any atom is -0.505 e. The fourth-order valence-corrected chi connectivity index (χ4v) is 3.27. The number of phenols is 1. The van der Waals surface area contributed by atoms with Crippen LogP contribution in [0.2, 0.25) is 25.1 Å². The summed E-state index contributed by atoms with van der Waals surface area (Å²) < 4.78 is 0. The van der Waals surface area contributed by atoms with Crippen LogP contribution in [-0.4, -0.2) is 41.5 Å². The van der Waals surface area contributed by atoms with Crippen LogP contribution in [0.5, 0.6) is 5.75 Å². The summed E-state index contributed by atoms with van der Waals surface area (Å²) in [6.45, 7) is 1.15. The van der Waals surface area contributed by atoms with E-state index in [1.165, 1.54) is 0 Å². The number of rotatable bonds is 2. The molecule has 0 spiro atoms. The lowest BCUT2D eigenvalue weighted by molar-refractivity contribution is 0.0970. The smallest absolute Gasteiger partial charge is 0.155 e. The van der Waals surface area contributed by atoms with Gasteiger partial charge in [-0.1, -0.05) is 58.0 Å². The van der Waals surface area contributed by atoms with Crippen molar-refractivity contribution in [3.8, 4) is 5.75 Å². The fourth-order valence-electron chi connectivity index (χ4n) is 2.14. The Morgan fingerprint density at radius 3 is 1.52 bits per heavy atom. The van der Waals surface area contributed by atoms with Crippen LogP contribution in [0.4, 0.5) is 0 Å². The van der Waals surface area contributed by atoms with Gasteiger partial charge >= 0.3 is 0 Å². The number of piperidine rings is 1. The minimum atomic E-state index is -0.363. The second-order valence-corrected chi connectivity index (χ2v) is 6.97. The SMILES string of the molecule is NCC1CC(O)CC(CN)N1.Oc1c(Cl)c(Cl)c(Cl)c(Cl)c1Cl. The van der Waals surface area contributed by atoms with Crippen LogP contribution in [0.25, 0.3) is 0 Å². The van der Waals surface area contributed by atoms with E-state index in [4.69, 9.17) is 69.5 Å². The maximum Gasteiger partial charge on any atom is 0.155 e. The summed E-state index contributed by atoms with van der Waals surface area (Å²) >= 11 is 27.9. The maximum atomic E-state index is 9.36. The van der Waals surface area contributed by atoms with Gasteiger partial charge in [0.15, 0.2) is 5.75 Å². The normalized spacial score (nSPS) is 24.1. The number of halogens is 5. The molecule has 0 saturated carbocycles. The summed E-state index contributed by atoms with van der Waals surface area (Å²) in [5.41, 5.74) is 10.9. The molecule has 0 amide bonds. The quantitative estimate of drug-likeness (QED) is 0.370. The largest absolute Gasteiger partial charge is 0.505 e. The average molecular weight is 426 g/mol. The van der Waals surface area contributed by atoms with E-state index >= 15 is 0 Å². The summed E-state index contributed by atoms with van der Waals surface area (Å²) in [5.74, 6) is -0.363. The molecule has 2 atom stereocenters. The Morgan fingerprint density at radius 1 is 0.826 bits per heavy atom. The molecular weight excluding hydrogens is 407 g/mol. The highest BCUT2D eigenvalue weighted by molar-refractivity contribution is 6.55. The number of benzene rings is 1. The average Bonchev–Trinajstić information content (AvgIpc) is 2.56. The molecule has 0 bridgehead atoms. The van der Waals surface area contributed by atoms with Gasteiger partial charge < -0.3 is 27.0 Å². The van der Waals surface area contributed by atoms with Crippen LogP contribution < -0.4 is 16.8 Å². The van der Waals surface area contributed by atoms with Gasteiger partial charge in [0.1, 0.15) is 10.0 Å². The zero-order chi connectivity index (χ0) is 17.7. The lowest BCUT2D eigenvalue weighted by Gasteiger charge is -2.32. The van der Waals surface area contributed by atoms with Crippen molar-refractivity contribution in [2.45, 2.75) is 31.0 Å². The molecule has 2 unspecified atom stereocenters. The van der Waals surface area contributed by atoms with Gasteiger partial charge in [0.25, 0.3) is 0 Å². The molecule has 2 rings (SSSR count). The number of hydrogen-bond acceptors (Lipinski definition) is 5. The predicted octanol–water partition coefficient (Wildman–Crippen LogP) is 3.04. The summed E-state index contributed by atoms with van der Waals surface area (Å²) in [5, 5.41) is 21.6. The predicted molar refractivity (Wildman–Crippen MR) is 97.2 cm³/mol. The number of aliphatic hydroxyl groups excluding tert-OH is 1. The molecule has 0 aliphatic carbocycles. The Hall–Kier alpha value is 0.310. The van der Waals surface area contributed by atoms with E-state index in [0.717, 1.165) is 12.8 Å². The molecule has 7 N–H and O–H groups in total. The third-order valence-corrected chi connectivity index (χ3v) is 5.60. The number of nitrogens with one attached hydrogen (secondary N) is 1. The molecule has 1 fully saturated rings. The van der Waals surface area contributed by atoms with Crippen molar-refractivity contribution < 1.29 is 10.2 Å². The third kappa shape index (κ3) is 5.66. The molecule has 23 heavy (non-hydrogen) atoms. The number of hydrogen-bond donors (Lipinski definition) is 5. The molecule has 1 aliphatic rings. The topological polar surface area (TPSA) is 105 Å². The van der Waals surface area contributed by atoms with Crippen molar-refractivity contribution in [3.05, 3.63) is 25.1 Å². The van der Waals surface area contributed by atoms with Crippen molar-refractivity contribution in [1.82, 2.24) is 5.32 Å². The summed E-state index contributed by atoms with van der Waals surface area (Å²) in [4.78, 5) is 0. The Morgan fingerprint density at radius 2 is 1.17 bits per heavy atom. The molecule has 1 aliphatic heterocycles. The zero-order valence-corrected chi connectivity index (χ0v) is 15.8. The van der Waals surface area contributed by atoms with Gasteiger partial charge in [-0.15, -0.1) is 0 Å². The molecule has 1 heterocycles. The van der Waals surface area contributed by atoms with Crippen LogP contribution in [0, 0.1) is 0 Å². The molecule has 1 aromatic carbocycles. The van der Waals surface area contributed by atoms with Crippen molar-refractivity contribution in [1.29, 1.82) is 0 Å². The molecular formula is C13H18Cl5N3O2. The standard InChI is InChI=1S/C7H17N3O.C6HCl5O/c8-3-5-1-7(11)2-6(4-9)10-5;7-1-2(8)4(10)6(12)5(11)3(1)9/h5-7,10-11H,1-4,8-9H2;12H. The molecule has 0 radical (unpaired) electrons. The minimum absolute atomic E-state index is 0.00904. The molecule has 1 aromatic rings. The van der Waals surface area contributed by atoms with Crippen LogP contribution in [0.3, 0.4) is 0 Å². The lowest BCUT2D eigenvalue weighted by Crippen LogP contribution is -2.53. The number of aromatic hydroxyl groups is 1. The van der Waals surface area contributed by atoms with Crippen LogP contribution in [-0.2, 0) is 0 Å². The fraction of sp³-hybridized carbons (Fsp3) is 0.538. The Labute approximate surface area is 159 Å². The molecule has 132 valence electrons. The lowest BCUT2D eigenvalue weighted by atomic mass is 9.96. The first-order valence-corrected chi connectivity index (χ1v) is 8.66. The highest BCUT2D eigenvalue weighted by atomic mass is 35.5. The summed E-state index contributed by atoms with van der Waals surface area (Å²) in [6, 6.07) is 0.486. The van der Waals surface area contributed by atoms with E-state index in [0.29, 0.717) is 13.1 Å². The van der Waals surface area contributed by atoms with Gasteiger partial charge in [0, 0.05) is 25.2 Å². The first-order chi connectivity index (χ1) is 10.7.